The number of para-hydroxylation sites is 1. The predicted octanol–water partition coefficient (Wildman–Crippen LogP) is 2.79. The van der Waals surface area contributed by atoms with Crippen molar-refractivity contribution in [3.05, 3.63) is 48.9 Å². The van der Waals surface area contributed by atoms with Gasteiger partial charge in [0.2, 0.25) is 5.95 Å². The van der Waals surface area contributed by atoms with Crippen LogP contribution in [0.5, 0.6) is 0 Å². The summed E-state index contributed by atoms with van der Waals surface area (Å²) in [6, 6.07) is 10.1. The SMILES string of the molecule is CC1(O)CCC(N(c2ncccn2)n2ncc3ccccc32)CC1. The van der Waals surface area contributed by atoms with Gasteiger partial charge in [0.15, 0.2) is 0 Å². The van der Waals surface area contributed by atoms with Crippen LogP contribution in [0.3, 0.4) is 0 Å². The van der Waals surface area contributed by atoms with Crippen molar-refractivity contribution in [1.82, 2.24) is 19.9 Å². The number of benzene rings is 1. The highest BCUT2D eigenvalue weighted by Gasteiger charge is 2.34. The standard InChI is InChI=1S/C18H21N5O/c1-18(24)9-7-15(8-10-18)22(17-19-11-4-12-20-17)23-16-6-3-2-5-14(16)13-21-23/h2-6,11-13,15,24H,7-10H2,1H3. The summed E-state index contributed by atoms with van der Waals surface area (Å²) in [5, 5.41) is 18.0. The molecule has 0 amide bonds. The first-order chi connectivity index (χ1) is 11.6. The highest BCUT2D eigenvalue weighted by molar-refractivity contribution is 5.79. The molecule has 1 aromatic carbocycles. The fourth-order valence-corrected chi connectivity index (χ4v) is 3.41. The summed E-state index contributed by atoms with van der Waals surface area (Å²) < 4.78 is 0. The fraction of sp³-hybridized carbons (Fsp3) is 0.389. The molecule has 0 spiro atoms. The normalized spacial score (nSPS) is 24.2. The maximum Gasteiger partial charge on any atom is 0.246 e. The van der Waals surface area contributed by atoms with E-state index in [0.717, 1.165) is 36.6 Å². The van der Waals surface area contributed by atoms with Crippen LogP contribution in [0.25, 0.3) is 10.9 Å². The molecule has 0 aliphatic heterocycles. The average Bonchev–Trinajstić information content (AvgIpc) is 3.02. The van der Waals surface area contributed by atoms with Crippen molar-refractivity contribution in [3.63, 3.8) is 0 Å². The van der Waals surface area contributed by atoms with Crippen LogP contribution in [-0.2, 0) is 0 Å². The number of rotatable bonds is 3. The molecule has 1 aliphatic rings. The number of nitrogens with zero attached hydrogens (tertiary/aromatic N) is 5. The molecule has 0 atom stereocenters. The Morgan fingerprint density at radius 3 is 2.58 bits per heavy atom. The van der Waals surface area contributed by atoms with E-state index in [1.165, 1.54) is 0 Å². The number of aliphatic hydroxyl groups is 1. The van der Waals surface area contributed by atoms with Crippen LogP contribution in [0.4, 0.5) is 5.95 Å². The van der Waals surface area contributed by atoms with Gasteiger partial charge < -0.3 is 5.11 Å². The third-order valence-corrected chi connectivity index (χ3v) is 4.80. The molecule has 0 saturated heterocycles. The molecule has 3 aromatic rings. The minimum Gasteiger partial charge on any atom is -0.390 e. The van der Waals surface area contributed by atoms with Gasteiger partial charge in [-0.05, 0) is 44.7 Å². The first-order valence-corrected chi connectivity index (χ1v) is 8.36. The highest BCUT2D eigenvalue weighted by Crippen LogP contribution is 2.32. The summed E-state index contributed by atoms with van der Waals surface area (Å²) in [5.74, 6) is 0.637. The van der Waals surface area contributed by atoms with E-state index in [4.69, 9.17) is 0 Å². The van der Waals surface area contributed by atoms with Crippen LogP contribution in [-0.4, -0.2) is 36.6 Å². The number of aromatic nitrogens is 4. The third kappa shape index (κ3) is 2.73. The Kier molecular flexibility index (Phi) is 3.69. The topological polar surface area (TPSA) is 67.1 Å². The quantitative estimate of drug-likeness (QED) is 0.803. The first-order valence-electron chi connectivity index (χ1n) is 8.36. The van der Waals surface area contributed by atoms with E-state index in [-0.39, 0.29) is 6.04 Å². The zero-order valence-electron chi connectivity index (χ0n) is 13.7. The summed E-state index contributed by atoms with van der Waals surface area (Å²) in [7, 11) is 0. The highest BCUT2D eigenvalue weighted by atomic mass is 16.3. The summed E-state index contributed by atoms with van der Waals surface area (Å²) in [6.07, 6.45) is 8.64. The molecular weight excluding hydrogens is 302 g/mol. The Hall–Kier alpha value is -2.47. The second kappa shape index (κ2) is 5.87. The minimum absolute atomic E-state index is 0.205. The summed E-state index contributed by atoms with van der Waals surface area (Å²) in [6.45, 7) is 1.91. The minimum atomic E-state index is -0.577. The summed E-state index contributed by atoms with van der Waals surface area (Å²) in [4.78, 5) is 10.8. The van der Waals surface area contributed by atoms with Gasteiger partial charge in [-0.1, -0.05) is 18.2 Å². The van der Waals surface area contributed by atoms with Gasteiger partial charge in [0.25, 0.3) is 0 Å². The van der Waals surface area contributed by atoms with Crippen molar-refractivity contribution in [1.29, 1.82) is 0 Å². The van der Waals surface area contributed by atoms with Crippen molar-refractivity contribution in [3.8, 4) is 0 Å². The Labute approximate surface area is 140 Å². The van der Waals surface area contributed by atoms with E-state index in [9.17, 15) is 5.11 Å². The van der Waals surface area contributed by atoms with Crippen LogP contribution in [0, 0.1) is 0 Å². The second-order valence-corrected chi connectivity index (χ2v) is 6.71. The number of hydrogen-bond acceptors (Lipinski definition) is 5. The molecule has 6 nitrogen and oxygen atoms in total. The molecule has 0 bridgehead atoms. The Morgan fingerprint density at radius 1 is 1.12 bits per heavy atom. The van der Waals surface area contributed by atoms with Crippen molar-refractivity contribution in [2.75, 3.05) is 5.01 Å². The molecule has 0 unspecified atom stereocenters. The van der Waals surface area contributed by atoms with Gasteiger partial charge in [-0.3, -0.25) is 0 Å². The van der Waals surface area contributed by atoms with Gasteiger partial charge >= 0.3 is 0 Å². The maximum atomic E-state index is 10.3. The van der Waals surface area contributed by atoms with Gasteiger partial charge in [-0.25, -0.2) is 15.0 Å². The number of fused-ring (bicyclic) bond motifs is 1. The summed E-state index contributed by atoms with van der Waals surface area (Å²) in [5.41, 5.74) is 0.452. The van der Waals surface area contributed by atoms with E-state index in [1.54, 1.807) is 12.4 Å². The third-order valence-electron chi connectivity index (χ3n) is 4.80. The van der Waals surface area contributed by atoms with E-state index in [2.05, 4.69) is 32.2 Å². The molecule has 2 heterocycles. The van der Waals surface area contributed by atoms with Crippen LogP contribution in [0.15, 0.2) is 48.9 Å². The van der Waals surface area contributed by atoms with Gasteiger partial charge in [0, 0.05) is 17.8 Å². The van der Waals surface area contributed by atoms with Gasteiger partial charge in [-0.2, -0.15) is 9.89 Å². The predicted molar refractivity (Wildman–Crippen MR) is 92.5 cm³/mol. The van der Waals surface area contributed by atoms with E-state index >= 15 is 0 Å². The largest absolute Gasteiger partial charge is 0.390 e. The maximum absolute atomic E-state index is 10.3. The molecular formula is C18H21N5O. The fourth-order valence-electron chi connectivity index (χ4n) is 3.41. The Morgan fingerprint density at radius 2 is 1.83 bits per heavy atom. The molecule has 1 aliphatic carbocycles. The Balaban J connectivity index is 1.77. The second-order valence-electron chi connectivity index (χ2n) is 6.71. The zero-order chi connectivity index (χ0) is 16.6. The van der Waals surface area contributed by atoms with Crippen LogP contribution in [0.1, 0.15) is 32.6 Å². The molecule has 1 saturated carbocycles. The summed E-state index contributed by atoms with van der Waals surface area (Å²) >= 11 is 0. The molecule has 0 radical (unpaired) electrons. The lowest BCUT2D eigenvalue weighted by atomic mass is 9.83. The lowest BCUT2D eigenvalue weighted by molar-refractivity contribution is 0.0159. The molecule has 124 valence electrons. The van der Waals surface area contributed by atoms with Crippen LogP contribution < -0.4 is 5.01 Å². The van der Waals surface area contributed by atoms with Gasteiger partial charge in [-0.15, -0.1) is 0 Å². The van der Waals surface area contributed by atoms with Crippen molar-refractivity contribution >= 4 is 16.9 Å². The lowest BCUT2D eigenvalue weighted by Crippen LogP contribution is -2.46. The molecule has 4 rings (SSSR count). The van der Waals surface area contributed by atoms with E-state index < -0.39 is 5.60 Å². The molecule has 24 heavy (non-hydrogen) atoms. The van der Waals surface area contributed by atoms with Crippen molar-refractivity contribution < 1.29 is 5.11 Å². The zero-order valence-corrected chi connectivity index (χ0v) is 13.7. The first kappa shape index (κ1) is 15.1. The van der Waals surface area contributed by atoms with Gasteiger partial charge in [0.1, 0.15) is 0 Å². The van der Waals surface area contributed by atoms with Crippen LogP contribution >= 0.6 is 0 Å². The van der Waals surface area contributed by atoms with Crippen molar-refractivity contribution in [2.45, 2.75) is 44.2 Å². The lowest BCUT2D eigenvalue weighted by Gasteiger charge is -2.38. The smallest absolute Gasteiger partial charge is 0.246 e. The van der Waals surface area contributed by atoms with Crippen molar-refractivity contribution in [2.24, 2.45) is 0 Å². The monoisotopic (exact) mass is 323 g/mol. The Bertz CT molecular complexity index is 820. The van der Waals surface area contributed by atoms with E-state index in [1.807, 2.05) is 36.1 Å². The average molecular weight is 323 g/mol. The molecule has 2 aromatic heterocycles. The molecule has 6 heteroatoms. The van der Waals surface area contributed by atoms with Gasteiger partial charge in [0.05, 0.1) is 23.4 Å². The molecule has 1 N–H and O–H groups in total. The molecule has 1 fully saturated rings. The number of anilines is 1. The van der Waals surface area contributed by atoms with Crippen LogP contribution in [0.2, 0.25) is 0 Å². The van der Waals surface area contributed by atoms with E-state index in [0.29, 0.717) is 5.95 Å². The number of hydrogen-bond donors (Lipinski definition) is 1.